The van der Waals surface area contributed by atoms with E-state index in [1.807, 2.05) is 29.9 Å². The molecule has 0 aliphatic carbocycles. The van der Waals surface area contributed by atoms with Crippen LogP contribution in [-0.2, 0) is 6.54 Å². The number of carbonyl (C=O) groups is 1. The quantitative estimate of drug-likeness (QED) is 0.899. The van der Waals surface area contributed by atoms with Gasteiger partial charge in [-0.15, -0.1) is 0 Å². The Morgan fingerprint density at radius 1 is 1.44 bits per heavy atom. The van der Waals surface area contributed by atoms with Crippen molar-refractivity contribution < 1.29 is 9.90 Å². The maximum atomic E-state index is 11.3. The number of aryl methyl sites for hydroxylation is 2. The van der Waals surface area contributed by atoms with E-state index in [2.05, 4.69) is 12.0 Å². The number of rotatable bonds is 4. The van der Waals surface area contributed by atoms with Crippen molar-refractivity contribution in [2.75, 3.05) is 0 Å². The molecule has 0 radical (unpaired) electrons. The first-order valence-corrected chi connectivity index (χ1v) is 5.98. The molecular weight excluding hydrogens is 228 g/mol. The van der Waals surface area contributed by atoms with Gasteiger partial charge in [0.25, 0.3) is 0 Å². The molecule has 0 saturated heterocycles. The van der Waals surface area contributed by atoms with Crippen LogP contribution in [0, 0.1) is 6.92 Å². The van der Waals surface area contributed by atoms with Crippen LogP contribution in [0.3, 0.4) is 0 Å². The zero-order chi connectivity index (χ0) is 13.1. The van der Waals surface area contributed by atoms with Crippen LogP contribution in [0.15, 0.2) is 30.6 Å². The molecule has 0 atom stereocenters. The summed E-state index contributed by atoms with van der Waals surface area (Å²) in [5, 5.41) is 13.5. The molecule has 0 aliphatic heterocycles. The fraction of sp³-hybridized carbons (Fsp3) is 0.286. The first-order chi connectivity index (χ1) is 8.61. The highest BCUT2D eigenvalue weighted by molar-refractivity contribution is 5.96. The Hall–Kier alpha value is -2.10. The molecule has 0 spiro atoms. The van der Waals surface area contributed by atoms with Gasteiger partial charge in [0.1, 0.15) is 0 Å². The summed E-state index contributed by atoms with van der Waals surface area (Å²) in [7, 11) is 0. The number of nitrogens with zero attached hydrogens (tertiary/aromatic N) is 2. The van der Waals surface area contributed by atoms with Crippen molar-refractivity contribution in [3.63, 3.8) is 0 Å². The van der Waals surface area contributed by atoms with E-state index >= 15 is 0 Å². The minimum atomic E-state index is -0.906. The van der Waals surface area contributed by atoms with E-state index in [0.717, 1.165) is 29.7 Å². The Bertz CT molecular complexity index is 573. The molecule has 0 aliphatic rings. The van der Waals surface area contributed by atoms with Crippen molar-refractivity contribution in [1.29, 1.82) is 0 Å². The second kappa shape index (κ2) is 5.04. The van der Waals surface area contributed by atoms with Crippen molar-refractivity contribution in [2.24, 2.45) is 0 Å². The lowest BCUT2D eigenvalue weighted by Gasteiger charge is -2.04. The molecular formula is C14H16N2O2. The molecule has 1 aromatic carbocycles. The molecule has 0 amide bonds. The normalized spacial score (nSPS) is 10.6. The third kappa shape index (κ3) is 2.42. The second-order valence-corrected chi connectivity index (χ2v) is 4.35. The van der Waals surface area contributed by atoms with Gasteiger partial charge in [-0.2, -0.15) is 5.10 Å². The lowest BCUT2D eigenvalue weighted by molar-refractivity contribution is 0.0697. The van der Waals surface area contributed by atoms with E-state index in [9.17, 15) is 9.90 Å². The van der Waals surface area contributed by atoms with Crippen LogP contribution in [0.5, 0.6) is 0 Å². The number of carboxylic acid groups (broad SMARTS) is 1. The number of aromatic carboxylic acids is 1. The van der Waals surface area contributed by atoms with Crippen LogP contribution in [0.1, 0.15) is 29.3 Å². The topological polar surface area (TPSA) is 55.1 Å². The number of aromatic nitrogens is 2. The SMILES string of the molecule is CCCn1cc(-c2ccc(C)cc2C(=O)O)cn1. The zero-order valence-electron chi connectivity index (χ0n) is 10.6. The molecule has 1 heterocycles. The summed E-state index contributed by atoms with van der Waals surface area (Å²) < 4.78 is 1.83. The Kier molecular flexibility index (Phi) is 3.46. The van der Waals surface area contributed by atoms with Crippen LogP contribution in [0.25, 0.3) is 11.1 Å². The summed E-state index contributed by atoms with van der Waals surface area (Å²) in [6.45, 7) is 4.81. The van der Waals surface area contributed by atoms with E-state index in [0.29, 0.717) is 5.56 Å². The highest BCUT2D eigenvalue weighted by atomic mass is 16.4. The van der Waals surface area contributed by atoms with Gasteiger partial charge < -0.3 is 5.11 Å². The van der Waals surface area contributed by atoms with Crippen molar-refractivity contribution in [2.45, 2.75) is 26.8 Å². The molecule has 94 valence electrons. The van der Waals surface area contributed by atoms with Gasteiger partial charge in [0.05, 0.1) is 11.8 Å². The first-order valence-electron chi connectivity index (χ1n) is 5.98. The molecule has 1 aromatic heterocycles. The van der Waals surface area contributed by atoms with E-state index in [1.165, 1.54) is 0 Å². The van der Waals surface area contributed by atoms with Gasteiger partial charge in [0, 0.05) is 18.3 Å². The number of hydrogen-bond donors (Lipinski definition) is 1. The van der Waals surface area contributed by atoms with Crippen LogP contribution >= 0.6 is 0 Å². The van der Waals surface area contributed by atoms with E-state index in [1.54, 1.807) is 12.3 Å². The molecule has 18 heavy (non-hydrogen) atoms. The van der Waals surface area contributed by atoms with Gasteiger partial charge in [0.15, 0.2) is 0 Å². The maximum absolute atomic E-state index is 11.3. The summed E-state index contributed by atoms with van der Waals surface area (Å²) in [6, 6.07) is 5.44. The Balaban J connectivity index is 2.45. The summed E-state index contributed by atoms with van der Waals surface area (Å²) in [5.74, 6) is -0.906. The molecule has 2 rings (SSSR count). The van der Waals surface area contributed by atoms with Gasteiger partial charge in [0.2, 0.25) is 0 Å². The molecule has 1 N–H and O–H groups in total. The smallest absolute Gasteiger partial charge is 0.336 e. The third-order valence-corrected chi connectivity index (χ3v) is 2.80. The molecule has 0 bridgehead atoms. The average molecular weight is 244 g/mol. The largest absolute Gasteiger partial charge is 0.478 e. The van der Waals surface area contributed by atoms with Gasteiger partial charge in [-0.25, -0.2) is 4.79 Å². The third-order valence-electron chi connectivity index (χ3n) is 2.80. The van der Waals surface area contributed by atoms with Gasteiger partial charge in [-0.05, 0) is 25.0 Å². The highest BCUT2D eigenvalue weighted by Gasteiger charge is 2.13. The Morgan fingerprint density at radius 3 is 2.89 bits per heavy atom. The highest BCUT2D eigenvalue weighted by Crippen LogP contribution is 2.24. The summed E-state index contributed by atoms with van der Waals surface area (Å²) in [6.07, 6.45) is 4.61. The fourth-order valence-corrected chi connectivity index (χ4v) is 1.94. The van der Waals surface area contributed by atoms with Gasteiger partial charge >= 0.3 is 5.97 Å². The summed E-state index contributed by atoms with van der Waals surface area (Å²) >= 11 is 0. The molecule has 0 unspecified atom stereocenters. The average Bonchev–Trinajstić information content (AvgIpc) is 2.78. The van der Waals surface area contributed by atoms with Crippen LogP contribution < -0.4 is 0 Å². The van der Waals surface area contributed by atoms with Crippen molar-refractivity contribution in [3.8, 4) is 11.1 Å². The summed E-state index contributed by atoms with van der Waals surface area (Å²) in [4.78, 5) is 11.3. The summed E-state index contributed by atoms with van der Waals surface area (Å²) in [5.41, 5.74) is 2.83. The van der Waals surface area contributed by atoms with Crippen molar-refractivity contribution in [3.05, 3.63) is 41.7 Å². The lowest BCUT2D eigenvalue weighted by atomic mass is 10.0. The molecule has 2 aromatic rings. The molecule has 4 nitrogen and oxygen atoms in total. The van der Waals surface area contributed by atoms with E-state index in [-0.39, 0.29) is 0 Å². The number of hydrogen-bond acceptors (Lipinski definition) is 2. The monoisotopic (exact) mass is 244 g/mol. The predicted octanol–water partition coefficient (Wildman–Crippen LogP) is 2.97. The predicted molar refractivity (Wildman–Crippen MR) is 69.7 cm³/mol. The lowest BCUT2D eigenvalue weighted by Crippen LogP contribution is -2.00. The van der Waals surface area contributed by atoms with Gasteiger partial charge in [-0.3, -0.25) is 4.68 Å². The molecule has 0 saturated carbocycles. The van der Waals surface area contributed by atoms with Crippen molar-refractivity contribution >= 4 is 5.97 Å². The minimum Gasteiger partial charge on any atom is -0.478 e. The van der Waals surface area contributed by atoms with E-state index < -0.39 is 5.97 Å². The number of benzene rings is 1. The fourth-order valence-electron chi connectivity index (χ4n) is 1.94. The van der Waals surface area contributed by atoms with Gasteiger partial charge in [-0.1, -0.05) is 24.6 Å². The second-order valence-electron chi connectivity index (χ2n) is 4.35. The number of carboxylic acids is 1. The zero-order valence-corrected chi connectivity index (χ0v) is 10.6. The Labute approximate surface area is 106 Å². The van der Waals surface area contributed by atoms with Crippen LogP contribution in [0.4, 0.5) is 0 Å². The molecule has 4 heteroatoms. The standard InChI is InChI=1S/C14H16N2O2/c1-3-6-16-9-11(8-15-16)12-5-4-10(2)7-13(12)14(17)18/h4-5,7-9H,3,6H2,1-2H3,(H,17,18). The molecule has 0 fully saturated rings. The van der Waals surface area contributed by atoms with Crippen molar-refractivity contribution in [1.82, 2.24) is 9.78 Å². The maximum Gasteiger partial charge on any atom is 0.336 e. The Morgan fingerprint density at radius 2 is 2.22 bits per heavy atom. The van der Waals surface area contributed by atoms with E-state index in [4.69, 9.17) is 0 Å². The first kappa shape index (κ1) is 12.4. The minimum absolute atomic E-state index is 0.325. The van der Waals surface area contributed by atoms with Crippen LogP contribution in [-0.4, -0.2) is 20.9 Å². The van der Waals surface area contributed by atoms with Crippen LogP contribution in [0.2, 0.25) is 0 Å².